The lowest BCUT2D eigenvalue weighted by molar-refractivity contribution is -0.115. The highest BCUT2D eigenvalue weighted by Gasteiger charge is 2.27. The molecule has 2 amide bonds. The molecule has 1 aliphatic rings. The van der Waals surface area contributed by atoms with Crippen molar-refractivity contribution in [1.29, 1.82) is 0 Å². The zero-order valence-corrected chi connectivity index (χ0v) is 26.2. The highest BCUT2D eigenvalue weighted by atomic mass is 32.2. The molecule has 1 saturated heterocycles. The fraction of sp³-hybridized carbons (Fsp3) is 0.219. The normalized spacial score (nSPS) is 13.9. The van der Waals surface area contributed by atoms with Crippen LogP contribution in [-0.2, 0) is 4.79 Å². The first kappa shape index (κ1) is 30.9. The molecule has 5 rings (SSSR count). The molecule has 228 valence electrons. The molecule has 0 radical (unpaired) electrons. The number of fused-ring (bicyclic) bond motifs is 1. The molecule has 1 fully saturated rings. The predicted molar refractivity (Wildman–Crippen MR) is 171 cm³/mol. The minimum Gasteiger partial charge on any atom is -0.496 e. The maximum absolute atomic E-state index is 13.9. The highest BCUT2D eigenvalue weighted by Crippen LogP contribution is 2.39. The van der Waals surface area contributed by atoms with Crippen LogP contribution in [0, 0.1) is 0 Å². The van der Waals surface area contributed by atoms with Crippen molar-refractivity contribution in [3.05, 3.63) is 75.3 Å². The molecule has 10 nitrogen and oxygen atoms in total. The predicted octanol–water partition coefficient (Wildman–Crippen LogP) is 6.38. The Morgan fingerprint density at radius 2 is 1.59 bits per heavy atom. The van der Waals surface area contributed by atoms with Crippen LogP contribution >= 0.6 is 23.5 Å². The van der Waals surface area contributed by atoms with Crippen LogP contribution in [0.1, 0.15) is 12.5 Å². The van der Waals surface area contributed by atoms with Gasteiger partial charge in [0.15, 0.2) is 17.3 Å². The molecule has 0 spiro atoms. The van der Waals surface area contributed by atoms with Crippen LogP contribution in [0.25, 0.3) is 27.9 Å². The van der Waals surface area contributed by atoms with Crippen LogP contribution in [-0.4, -0.2) is 51.9 Å². The summed E-state index contributed by atoms with van der Waals surface area (Å²) in [6, 6.07) is 16.1. The third kappa shape index (κ3) is 6.22. The fourth-order valence-corrected chi connectivity index (χ4v) is 6.09. The smallest absolute Gasteiger partial charge is 0.290 e. The molecule has 0 bridgehead atoms. The third-order valence-corrected chi connectivity index (χ3v) is 8.79. The number of hydrogen-bond donors (Lipinski definition) is 1. The van der Waals surface area contributed by atoms with Crippen LogP contribution in [0.4, 0.5) is 4.79 Å². The van der Waals surface area contributed by atoms with Gasteiger partial charge in [-0.25, -0.2) is 0 Å². The van der Waals surface area contributed by atoms with Crippen molar-refractivity contribution in [3.63, 3.8) is 0 Å². The van der Waals surface area contributed by atoms with E-state index in [1.807, 2.05) is 31.2 Å². The lowest BCUT2D eigenvalue weighted by Crippen LogP contribution is -2.18. The number of rotatable bonds is 11. The number of ether oxygens (including phenoxy) is 5. The number of hydrogen-bond acceptors (Lipinski definition) is 11. The molecule has 0 saturated carbocycles. The number of carbonyl (C=O) groups is 2. The van der Waals surface area contributed by atoms with Crippen LogP contribution in [0.2, 0.25) is 0 Å². The van der Waals surface area contributed by atoms with Gasteiger partial charge in [0.05, 0.1) is 40.0 Å². The molecule has 0 unspecified atom stereocenters. The van der Waals surface area contributed by atoms with E-state index in [-0.39, 0.29) is 45.7 Å². The van der Waals surface area contributed by atoms with Gasteiger partial charge in [-0.05, 0) is 60.2 Å². The van der Waals surface area contributed by atoms with E-state index >= 15 is 0 Å². The van der Waals surface area contributed by atoms with Crippen molar-refractivity contribution in [3.8, 4) is 40.1 Å². The van der Waals surface area contributed by atoms with E-state index in [1.54, 1.807) is 37.4 Å². The number of thioether (sulfide) groups is 2. The zero-order valence-electron chi connectivity index (χ0n) is 24.6. The molecule has 44 heavy (non-hydrogen) atoms. The van der Waals surface area contributed by atoms with Crippen LogP contribution in [0.3, 0.4) is 0 Å². The number of nitrogens with one attached hydrogen (secondary N) is 1. The SMILES string of the molecule is COc1cc(OC)c2c(=O)c(OCCSc3ccc(/C(C)=C4\SC(=O)NC4=O)cc3)c(-c3ccc(OC)c(OC)c3)oc2c1. The minimum atomic E-state index is -0.388. The average molecular weight is 636 g/mol. The maximum Gasteiger partial charge on any atom is 0.290 e. The van der Waals surface area contributed by atoms with Gasteiger partial charge < -0.3 is 28.1 Å². The Morgan fingerprint density at radius 3 is 2.23 bits per heavy atom. The Bertz CT molecular complexity index is 1830. The van der Waals surface area contributed by atoms with E-state index in [2.05, 4.69) is 5.32 Å². The Hall–Kier alpha value is -4.55. The number of methoxy groups -OCH3 is 4. The number of imide groups is 1. The second kappa shape index (κ2) is 13.4. The Kier molecular flexibility index (Phi) is 9.40. The van der Waals surface area contributed by atoms with Crippen LogP contribution in [0.5, 0.6) is 28.7 Å². The quantitative estimate of drug-likeness (QED) is 0.112. The summed E-state index contributed by atoms with van der Waals surface area (Å²) in [6.07, 6.45) is 0. The Morgan fingerprint density at radius 1 is 0.864 bits per heavy atom. The van der Waals surface area contributed by atoms with Gasteiger partial charge in [0.25, 0.3) is 11.1 Å². The molecule has 12 heteroatoms. The van der Waals surface area contributed by atoms with E-state index in [0.29, 0.717) is 39.2 Å². The number of amides is 2. The van der Waals surface area contributed by atoms with E-state index in [1.165, 1.54) is 33.1 Å². The van der Waals surface area contributed by atoms with Crippen molar-refractivity contribution < 1.29 is 37.7 Å². The van der Waals surface area contributed by atoms with Crippen LogP contribution < -0.4 is 34.4 Å². The van der Waals surface area contributed by atoms with Crippen molar-refractivity contribution >= 4 is 51.2 Å². The lowest BCUT2D eigenvalue weighted by Gasteiger charge is -2.15. The second-order valence-corrected chi connectivity index (χ2v) is 11.5. The summed E-state index contributed by atoms with van der Waals surface area (Å²) >= 11 is 2.44. The summed E-state index contributed by atoms with van der Waals surface area (Å²) in [4.78, 5) is 38.8. The fourth-order valence-electron chi connectivity index (χ4n) is 4.62. The number of allylic oxidation sites excluding steroid dienone is 1. The highest BCUT2D eigenvalue weighted by molar-refractivity contribution is 8.18. The molecule has 3 aromatic carbocycles. The third-order valence-electron chi connectivity index (χ3n) is 6.84. The van der Waals surface area contributed by atoms with E-state index in [0.717, 1.165) is 27.8 Å². The Balaban J connectivity index is 1.41. The van der Waals surface area contributed by atoms with Gasteiger partial charge in [0, 0.05) is 28.3 Å². The summed E-state index contributed by atoms with van der Waals surface area (Å²) in [5.74, 6) is 2.16. The topological polar surface area (TPSA) is 123 Å². The summed E-state index contributed by atoms with van der Waals surface area (Å²) in [6.45, 7) is 2.01. The maximum atomic E-state index is 13.9. The zero-order chi connectivity index (χ0) is 31.4. The van der Waals surface area contributed by atoms with Crippen molar-refractivity contribution in [1.82, 2.24) is 5.32 Å². The molecule has 1 aliphatic heterocycles. The number of carbonyl (C=O) groups excluding carboxylic acids is 2. The summed E-state index contributed by atoms with van der Waals surface area (Å²) in [5.41, 5.74) is 2.03. The van der Waals surface area contributed by atoms with Gasteiger partial charge in [-0.3, -0.25) is 19.7 Å². The molecule has 0 atom stereocenters. The average Bonchev–Trinajstić information content (AvgIpc) is 3.39. The van der Waals surface area contributed by atoms with E-state index in [4.69, 9.17) is 28.1 Å². The van der Waals surface area contributed by atoms with Gasteiger partial charge in [-0.1, -0.05) is 12.1 Å². The monoisotopic (exact) mass is 635 g/mol. The molecular weight excluding hydrogens is 606 g/mol. The van der Waals surface area contributed by atoms with E-state index in [9.17, 15) is 14.4 Å². The Labute approximate surface area is 261 Å². The first-order chi connectivity index (χ1) is 21.3. The molecule has 1 N–H and O–H groups in total. The van der Waals surface area contributed by atoms with E-state index < -0.39 is 0 Å². The lowest BCUT2D eigenvalue weighted by atomic mass is 10.1. The van der Waals surface area contributed by atoms with Crippen molar-refractivity contribution in [2.24, 2.45) is 0 Å². The van der Waals surface area contributed by atoms with Crippen LogP contribution in [0.15, 0.2) is 73.6 Å². The summed E-state index contributed by atoms with van der Waals surface area (Å²) < 4.78 is 34.1. The molecule has 1 aromatic heterocycles. The molecule has 0 aliphatic carbocycles. The molecule has 2 heterocycles. The van der Waals surface area contributed by atoms with Gasteiger partial charge >= 0.3 is 0 Å². The largest absolute Gasteiger partial charge is 0.496 e. The first-order valence-electron chi connectivity index (χ1n) is 13.3. The standard InChI is InChI=1S/C32H29NO9S2/c1-17(30-31(35)33-32(36)44-30)18-6-9-21(10-7-18)43-13-12-41-29-27(34)26-24(40-5)15-20(37-2)16-25(26)42-28(29)19-8-11-22(38-3)23(14-19)39-4/h6-11,14-16H,12-13H2,1-5H3,(H,33,35,36)/b30-17-. The first-order valence-corrected chi connectivity index (χ1v) is 15.1. The van der Waals surface area contributed by atoms with Crippen molar-refractivity contribution in [2.75, 3.05) is 40.8 Å². The van der Waals surface area contributed by atoms with Gasteiger partial charge in [0.1, 0.15) is 22.5 Å². The number of benzene rings is 3. The van der Waals surface area contributed by atoms with Gasteiger partial charge in [-0.15, -0.1) is 11.8 Å². The van der Waals surface area contributed by atoms with Gasteiger partial charge in [-0.2, -0.15) is 0 Å². The van der Waals surface area contributed by atoms with Gasteiger partial charge in [0.2, 0.25) is 11.2 Å². The second-order valence-electron chi connectivity index (χ2n) is 9.38. The summed E-state index contributed by atoms with van der Waals surface area (Å²) in [7, 11) is 6.06. The molecular formula is C32H29NO9S2. The summed E-state index contributed by atoms with van der Waals surface area (Å²) in [5, 5.41) is 2.14. The van der Waals surface area contributed by atoms with Crippen molar-refractivity contribution in [2.45, 2.75) is 11.8 Å². The minimum absolute atomic E-state index is 0.0354. The molecule has 4 aromatic rings.